The number of amides is 4. The molecular weight excluding hydrogens is 465 g/mol. The van der Waals surface area contributed by atoms with Crippen LogP contribution in [0.1, 0.15) is 24.0 Å². The quantitative estimate of drug-likeness (QED) is 0.601. The zero-order valence-corrected chi connectivity index (χ0v) is 19.3. The fourth-order valence-corrected chi connectivity index (χ4v) is 5.20. The van der Waals surface area contributed by atoms with Gasteiger partial charge in [0.2, 0.25) is 11.8 Å². The molecule has 6 nitrogen and oxygen atoms in total. The van der Waals surface area contributed by atoms with Gasteiger partial charge in [-0.3, -0.25) is 14.5 Å². The number of carbonyl (C=O) groups excluding carboxylic acids is 3. The van der Waals surface area contributed by atoms with E-state index in [-0.39, 0.29) is 41.9 Å². The number of rotatable bonds is 8. The fourth-order valence-electron chi connectivity index (χ4n) is 3.91. The molecule has 2 atom stereocenters. The van der Waals surface area contributed by atoms with E-state index in [9.17, 15) is 18.8 Å². The molecule has 2 aromatic carbocycles. The number of halogens is 2. The molecule has 2 aliphatic heterocycles. The van der Waals surface area contributed by atoms with Crippen molar-refractivity contribution in [1.29, 1.82) is 0 Å². The second kappa shape index (κ2) is 10.4. The zero-order chi connectivity index (χ0) is 23.4. The first kappa shape index (κ1) is 23.3. The molecule has 1 fully saturated rings. The van der Waals surface area contributed by atoms with Crippen LogP contribution >= 0.6 is 23.4 Å². The number of urea groups is 1. The first-order valence-corrected chi connectivity index (χ1v) is 12.0. The van der Waals surface area contributed by atoms with E-state index in [1.165, 1.54) is 33.7 Å². The minimum absolute atomic E-state index is 0.0439. The van der Waals surface area contributed by atoms with Crippen molar-refractivity contribution in [1.82, 2.24) is 15.1 Å². The van der Waals surface area contributed by atoms with Crippen LogP contribution in [-0.4, -0.2) is 45.5 Å². The summed E-state index contributed by atoms with van der Waals surface area (Å²) < 4.78 is 14.4. The third-order valence-electron chi connectivity index (χ3n) is 5.67. The molecule has 2 unspecified atom stereocenters. The molecule has 33 heavy (non-hydrogen) atoms. The molecule has 0 aliphatic carbocycles. The highest BCUT2D eigenvalue weighted by Gasteiger charge is 2.47. The summed E-state index contributed by atoms with van der Waals surface area (Å²) in [6, 6.07) is 13.0. The summed E-state index contributed by atoms with van der Waals surface area (Å²) in [5.74, 6) is -0.943. The van der Waals surface area contributed by atoms with Crippen LogP contribution in [0.15, 0.2) is 60.0 Å². The second-order valence-corrected chi connectivity index (χ2v) is 9.30. The predicted molar refractivity (Wildman–Crippen MR) is 126 cm³/mol. The molecule has 2 aliphatic rings. The lowest BCUT2D eigenvalue weighted by Crippen LogP contribution is -2.61. The standard InChI is InChI=1S/C24H23ClFN3O3S/c25-18-8-4-9-19(26)17(18)15-29-20-11-13-33-22(20)23(31)28(24(29)32)12-5-10-21(30)27-14-16-6-2-1-3-7-16/h1-4,6-9,11,13,20,22H,5,10,12,14-15H2,(H,27,30). The molecule has 0 bridgehead atoms. The molecule has 4 rings (SSSR count). The maximum atomic E-state index is 14.4. The van der Waals surface area contributed by atoms with E-state index in [0.717, 1.165) is 5.56 Å². The van der Waals surface area contributed by atoms with Crippen molar-refractivity contribution in [3.05, 3.63) is 82.0 Å². The van der Waals surface area contributed by atoms with Gasteiger partial charge in [0.15, 0.2) is 0 Å². The number of hydrogen-bond donors (Lipinski definition) is 1. The Morgan fingerprint density at radius 2 is 1.91 bits per heavy atom. The van der Waals surface area contributed by atoms with Crippen molar-refractivity contribution in [2.75, 3.05) is 6.54 Å². The summed E-state index contributed by atoms with van der Waals surface area (Å²) in [5.41, 5.74) is 1.21. The predicted octanol–water partition coefficient (Wildman–Crippen LogP) is 4.34. The van der Waals surface area contributed by atoms with E-state index < -0.39 is 23.1 Å². The monoisotopic (exact) mass is 487 g/mol. The molecule has 1 saturated heterocycles. The lowest BCUT2D eigenvalue weighted by atomic mass is 10.1. The molecule has 0 saturated carbocycles. The molecule has 0 radical (unpaired) electrons. The number of benzene rings is 2. The van der Waals surface area contributed by atoms with Gasteiger partial charge < -0.3 is 10.2 Å². The Labute approximate surface area is 200 Å². The summed E-state index contributed by atoms with van der Waals surface area (Å²) in [7, 11) is 0. The first-order valence-electron chi connectivity index (χ1n) is 10.6. The van der Waals surface area contributed by atoms with Crippen LogP contribution < -0.4 is 5.32 Å². The maximum absolute atomic E-state index is 14.4. The SMILES string of the molecule is O=C(CCCN1C(=O)C2SC=CC2N(Cc2c(F)cccc2Cl)C1=O)NCc1ccccc1. The van der Waals surface area contributed by atoms with Gasteiger partial charge in [0, 0.05) is 30.1 Å². The summed E-state index contributed by atoms with van der Waals surface area (Å²) in [6.07, 6.45) is 2.30. The molecule has 1 N–H and O–H groups in total. The van der Waals surface area contributed by atoms with E-state index in [1.807, 2.05) is 30.3 Å². The Morgan fingerprint density at radius 3 is 2.67 bits per heavy atom. The summed E-state index contributed by atoms with van der Waals surface area (Å²) >= 11 is 7.51. The maximum Gasteiger partial charge on any atom is 0.327 e. The third kappa shape index (κ3) is 5.23. The van der Waals surface area contributed by atoms with Gasteiger partial charge in [-0.2, -0.15) is 0 Å². The van der Waals surface area contributed by atoms with Crippen molar-refractivity contribution >= 4 is 41.2 Å². The lowest BCUT2D eigenvalue weighted by Gasteiger charge is -2.41. The van der Waals surface area contributed by atoms with Crippen LogP contribution in [0.5, 0.6) is 0 Å². The van der Waals surface area contributed by atoms with Gasteiger partial charge >= 0.3 is 6.03 Å². The van der Waals surface area contributed by atoms with Gasteiger partial charge in [0.1, 0.15) is 11.1 Å². The van der Waals surface area contributed by atoms with Gasteiger partial charge in [-0.25, -0.2) is 9.18 Å². The normalized spacial score (nSPS) is 19.7. The number of hydrogen-bond acceptors (Lipinski definition) is 4. The van der Waals surface area contributed by atoms with Crippen LogP contribution in [0, 0.1) is 5.82 Å². The molecule has 2 heterocycles. The first-order chi connectivity index (χ1) is 16.0. The Hall–Kier alpha value is -2.84. The molecule has 4 amide bonds. The summed E-state index contributed by atoms with van der Waals surface area (Å²) in [6.45, 7) is 0.490. The van der Waals surface area contributed by atoms with Crippen LogP contribution in [0.3, 0.4) is 0 Å². The van der Waals surface area contributed by atoms with Crippen molar-refractivity contribution in [3.63, 3.8) is 0 Å². The van der Waals surface area contributed by atoms with Crippen molar-refractivity contribution in [2.45, 2.75) is 37.2 Å². The average molecular weight is 488 g/mol. The van der Waals surface area contributed by atoms with Gasteiger partial charge in [-0.05, 0) is 29.5 Å². The zero-order valence-electron chi connectivity index (χ0n) is 17.7. The van der Waals surface area contributed by atoms with Crippen LogP contribution in [0.25, 0.3) is 0 Å². The van der Waals surface area contributed by atoms with E-state index in [4.69, 9.17) is 11.6 Å². The number of thioether (sulfide) groups is 1. The van der Waals surface area contributed by atoms with Gasteiger partial charge in [-0.15, -0.1) is 11.8 Å². The van der Waals surface area contributed by atoms with E-state index in [2.05, 4.69) is 5.32 Å². The molecule has 172 valence electrons. The molecule has 0 spiro atoms. The topological polar surface area (TPSA) is 69.7 Å². The second-order valence-electron chi connectivity index (χ2n) is 7.84. The number of imide groups is 1. The Balaban J connectivity index is 1.39. The number of nitrogens with one attached hydrogen (secondary N) is 1. The lowest BCUT2D eigenvalue weighted by molar-refractivity contribution is -0.132. The highest BCUT2D eigenvalue weighted by atomic mass is 35.5. The van der Waals surface area contributed by atoms with Crippen LogP contribution in [0.2, 0.25) is 5.02 Å². The molecule has 9 heteroatoms. The number of fused-ring (bicyclic) bond motifs is 1. The summed E-state index contributed by atoms with van der Waals surface area (Å²) in [5, 5.41) is 4.37. The molecule has 2 aromatic rings. The van der Waals surface area contributed by atoms with E-state index in [0.29, 0.717) is 13.0 Å². The highest BCUT2D eigenvalue weighted by molar-refractivity contribution is 8.03. The molecular formula is C24H23ClFN3O3S. The third-order valence-corrected chi connectivity index (χ3v) is 7.11. The average Bonchev–Trinajstić information content (AvgIpc) is 3.30. The Morgan fingerprint density at radius 1 is 1.12 bits per heavy atom. The largest absolute Gasteiger partial charge is 0.352 e. The highest BCUT2D eigenvalue weighted by Crippen LogP contribution is 2.36. The van der Waals surface area contributed by atoms with Crippen molar-refractivity contribution in [3.8, 4) is 0 Å². The van der Waals surface area contributed by atoms with E-state index >= 15 is 0 Å². The minimum atomic E-state index is -0.502. The van der Waals surface area contributed by atoms with Gasteiger partial charge in [0.25, 0.3) is 0 Å². The smallest absolute Gasteiger partial charge is 0.327 e. The van der Waals surface area contributed by atoms with Crippen molar-refractivity contribution in [2.24, 2.45) is 0 Å². The van der Waals surface area contributed by atoms with Crippen molar-refractivity contribution < 1.29 is 18.8 Å². The van der Waals surface area contributed by atoms with Crippen LogP contribution in [0.4, 0.5) is 9.18 Å². The van der Waals surface area contributed by atoms with Gasteiger partial charge in [0.05, 0.1) is 12.6 Å². The fraction of sp³-hybridized carbons (Fsp3) is 0.292. The molecule has 0 aromatic heterocycles. The summed E-state index contributed by atoms with van der Waals surface area (Å²) in [4.78, 5) is 41.0. The van der Waals surface area contributed by atoms with Gasteiger partial charge in [-0.1, -0.05) is 54.1 Å². The number of carbonyl (C=O) groups is 3. The van der Waals surface area contributed by atoms with E-state index in [1.54, 1.807) is 17.6 Å². The Bertz CT molecular complexity index is 1060. The Kier molecular flexibility index (Phi) is 7.35. The number of nitrogens with zero attached hydrogens (tertiary/aromatic N) is 2. The minimum Gasteiger partial charge on any atom is -0.352 e. The van der Waals surface area contributed by atoms with Crippen LogP contribution in [-0.2, 0) is 22.7 Å².